The van der Waals surface area contributed by atoms with Crippen molar-refractivity contribution in [1.82, 2.24) is 9.62 Å². The molecule has 1 atom stereocenters. The minimum Gasteiger partial charge on any atom is -0.302 e. The number of halogens is 2. The van der Waals surface area contributed by atoms with Crippen molar-refractivity contribution < 1.29 is 12.8 Å². The summed E-state index contributed by atoms with van der Waals surface area (Å²) in [6, 6.07) is 3.90. The first kappa shape index (κ1) is 16.9. The Kier molecular flexibility index (Phi) is 5.76. The molecule has 1 saturated heterocycles. The maximum atomic E-state index is 13.6. The van der Waals surface area contributed by atoms with Crippen molar-refractivity contribution in [3.8, 4) is 0 Å². The number of nitrogens with one attached hydrogen (secondary N) is 1. The van der Waals surface area contributed by atoms with Crippen molar-refractivity contribution in [2.24, 2.45) is 5.92 Å². The van der Waals surface area contributed by atoms with E-state index in [1.807, 2.05) is 0 Å². The highest BCUT2D eigenvalue weighted by Crippen LogP contribution is 2.20. The van der Waals surface area contributed by atoms with Crippen LogP contribution in [0, 0.1) is 11.7 Å². The number of piperidine rings is 1. The maximum absolute atomic E-state index is 13.6. The molecule has 7 heteroatoms. The lowest BCUT2D eigenvalue weighted by Crippen LogP contribution is -2.40. The van der Waals surface area contributed by atoms with E-state index in [1.165, 1.54) is 18.6 Å². The molecule has 0 aromatic heterocycles. The molecule has 1 N–H and O–H groups in total. The SMILES string of the molecule is CC1CCCN(CCNS(=O)(=O)c2cc(Br)ccc2F)C1. The molecule has 1 aromatic carbocycles. The van der Waals surface area contributed by atoms with Crippen LogP contribution >= 0.6 is 15.9 Å². The van der Waals surface area contributed by atoms with Gasteiger partial charge in [-0.2, -0.15) is 0 Å². The van der Waals surface area contributed by atoms with E-state index in [4.69, 9.17) is 0 Å². The van der Waals surface area contributed by atoms with Crippen LogP contribution in [0.5, 0.6) is 0 Å². The fraction of sp³-hybridized carbons (Fsp3) is 0.571. The normalized spacial score (nSPS) is 20.6. The van der Waals surface area contributed by atoms with Crippen molar-refractivity contribution in [2.45, 2.75) is 24.7 Å². The zero-order valence-electron chi connectivity index (χ0n) is 12.0. The van der Waals surface area contributed by atoms with Crippen LogP contribution in [0.25, 0.3) is 0 Å². The minimum atomic E-state index is -3.81. The van der Waals surface area contributed by atoms with Crippen molar-refractivity contribution in [3.63, 3.8) is 0 Å². The molecular weight excluding hydrogens is 359 g/mol. The van der Waals surface area contributed by atoms with Gasteiger partial charge in [0.2, 0.25) is 10.0 Å². The number of rotatable bonds is 5. The maximum Gasteiger partial charge on any atom is 0.243 e. The van der Waals surface area contributed by atoms with Gasteiger partial charge in [0.1, 0.15) is 10.7 Å². The average molecular weight is 379 g/mol. The van der Waals surface area contributed by atoms with Gasteiger partial charge in [-0.3, -0.25) is 0 Å². The summed E-state index contributed by atoms with van der Waals surface area (Å²) in [5, 5.41) is 0. The standard InChI is InChI=1S/C14H20BrFN2O2S/c1-11-3-2-7-18(10-11)8-6-17-21(19,20)14-9-12(15)4-5-13(14)16/h4-5,9,11,17H,2-3,6-8,10H2,1H3. The molecule has 0 bridgehead atoms. The van der Waals surface area contributed by atoms with Gasteiger partial charge in [-0.05, 0) is 43.5 Å². The lowest BCUT2D eigenvalue weighted by molar-refractivity contribution is 0.187. The predicted octanol–water partition coefficient (Wildman–Crippen LogP) is 2.60. The molecule has 1 aliphatic rings. The van der Waals surface area contributed by atoms with Gasteiger partial charge in [-0.15, -0.1) is 0 Å². The molecule has 118 valence electrons. The van der Waals surface area contributed by atoms with Crippen LogP contribution in [0.4, 0.5) is 4.39 Å². The molecule has 1 aromatic rings. The second kappa shape index (κ2) is 7.17. The molecule has 0 amide bonds. The van der Waals surface area contributed by atoms with E-state index in [9.17, 15) is 12.8 Å². The van der Waals surface area contributed by atoms with E-state index < -0.39 is 15.8 Å². The molecule has 21 heavy (non-hydrogen) atoms. The fourth-order valence-electron chi connectivity index (χ4n) is 2.59. The van der Waals surface area contributed by atoms with Crippen LogP contribution in [0.1, 0.15) is 19.8 Å². The highest BCUT2D eigenvalue weighted by atomic mass is 79.9. The Balaban J connectivity index is 1.93. The topological polar surface area (TPSA) is 49.4 Å². The first-order valence-corrected chi connectivity index (χ1v) is 9.33. The Morgan fingerprint density at radius 1 is 1.48 bits per heavy atom. The van der Waals surface area contributed by atoms with Crippen LogP contribution < -0.4 is 4.72 Å². The zero-order chi connectivity index (χ0) is 15.5. The van der Waals surface area contributed by atoms with Crippen molar-refractivity contribution in [2.75, 3.05) is 26.2 Å². The Morgan fingerprint density at radius 2 is 2.24 bits per heavy atom. The van der Waals surface area contributed by atoms with Crippen LogP contribution in [0.2, 0.25) is 0 Å². The van der Waals surface area contributed by atoms with Crippen molar-refractivity contribution >= 4 is 26.0 Å². The molecule has 0 radical (unpaired) electrons. The fourth-order valence-corrected chi connectivity index (χ4v) is 4.22. The minimum absolute atomic E-state index is 0.293. The molecule has 0 saturated carbocycles. The summed E-state index contributed by atoms with van der Waals surface area (Å²) < 4.78 is 40.9. The van der Waals surface area contributed by atoms with Gasteiger partial charge in [0.05, 0.1) is 0 Å². The quantitative estimate of drug-likeness (QED) is 0.856. The van der Waals surface area contributed by atoms with Crippen LogP contribution in [0.15, 0.2) is 27.6 Å². The number of benzene rings is 1. The molecular formula is C14H20BrFN2O2S. The zero-order valence-corrected chi connectivity index (χ0v) is 14.4. The van der Waals surface area contributed by atoms with Gasteiger partial charge >= 0.3 is 0 Å². The van der Waals surface area contributed by atoms with Gasteiger partial charge < -0.3 is 4.90 Å². The largest absolute Gasteiger partial charge is 0.302 e. The molecule has 0 spiro atoms. The predicted molar refractivity (Wildman–Crippen MR) is 84.1 cm³/mol. The summed E-state index contributed by atoms with van der Waals surface area (Å²) in [7, 11) is -3.81. The van der Waals surface area contributed by atoms with Gasteiger partial charge in [0.15, 0.2) is 0 Å². The van der Waals surface area contributed by atoms with E-state index in [0.717, 1.165) is 25.6 Å². The van der Waals surface area contributed by atoms with Gasteiger partial charge in [-0.25, -0.2) is 17.5 Å². The van der Waals surface area contributed by atoms with Gasteiger partial charge in [0.25, 0.3) is 0 Å². The number of hydrogen-bond acceptors (Lipinski definition) is 3. The number of hydrogen-bond donors (Lipinski definition) is 1. The van der Waals surface area contributed by atoms with Gasteiger partial charge in [0, 0.05) is 24.1 Å². The number of nitrogens with zero attached hydrogens (tertiary/aromatic N) is 1. The second-order valence-corrected chi connectivity index (χ2v) is 8.17. The van der Waals surface area contributed by atoms with E-state index in [1.54, 1.807) is 0 Å². The average Bonchev–Trinajstić information content (AvgIpc) is 2.41. The first-order valence-electron chi connectivity index (χ1n) is 7.05. The van der Waals surface area contributed by atoms with E-state index in [2.05, 4.69) is 32.5 Å². The highest BCUT2D eigenvalue weighted by molar-refractivity contribution is 9.10. The van der Waals surface area contributed by atoms with Gasteiger partial charge in [-0.1, -0.05) is 22.9 Å². The third-order valence-corrected chi connectivity index (χ3v) is 5.61. The smallest absolute Gasteiger partial charge is 0.243 e. The van der Waals surface area contributed by atoms with Crippen molar-refractivity contribution in [1.29, 1.82) is 0 Å². The van der Waals surface area contributed by atoms with E-state index in [-0.39, 0.29) is 4.90 Å². The monoisotopic (exact) mass is 378 g/mol. The number of likely N-dealkylation sites (tertiary alicyclic amines) is 1. The first-order chi connectivity index (χ1) is 9.88. The summed E-state index contributed by atoms with van der Waals surface area (Å²) in [5.41, 5.74) is 0. The Labute approximate surface area is 133 Å². The summed E-state index contributed by atoms with van der Waals surface area (Å²) in [5.74, 6) is -0.0878. The molecule has 2 rings (SSSR count). The molecule has 1 heterocycles. The lowest BCUT2D eigenvalue weighted by atomic mass is 10.0. The summed E-state index contributed by atoms with van der Waals surface area (Å²) in [6.45, 7) is 5.14. The van der Waals surface area contributed by atoms with E-state index in [0.29, 0.717) is 23.5 Å². The lowest BCUT2D eigenvalue weighted by Gasteiger charge is -2.30. The number of sulfonamides is 1. The second-order valence-electron chi connectivity index (χ2n) is 5.52. The Hall–Kier alpha value is -0.500. The molecule has 0 aliphatic carbocycles. The highest BCUT2D eigenvalue weighted by Gasteiger charge is 2.20. The molecule has 1 aliphatic heterocycles. The molecule has 1 fully saturated rings. The van der Waals surface area contributed by atoms with E-state index >= 15 is 0 Å². The van der Waals surface area contributed by atoms with Crippen LogP contribution in [-0.4, -0.2) is 39.5 Å². The molecule has 4 nitrogen and oxygen atoms in total. The van der Waals surface area contributed by atoms with Crippen LogP contribution in [-0.2, 0) is 10.0 Å². The third-order valence-electron chi connectivity index (χ3n) is 3.64. The third kappa shape index (κ3) is 4.74. The summed E-state index contributed by atoms with van der Waals surface area (Å²) in [6.07, 6.45) is 2.37. The Bertz CT molecular complexity index is 595. The van der Waals surface area contributed by atoms with Crippen LogP contribution in [0.3, 0.4) is 0 Å². The van der Waals surface area contributed by atoms with Crippen molar-refractivity contribution in [3.05, 3.63) is 28.5 Å². The summed E-state index contributed by atoms with van der Waals surface area (Å²) >= 11 is 3.16. The Morgan fingerprint density at radius 3 is 2.95 bits per heavy atom. The molecule has 1 unspecified atom stereocenters. The summed E-state index contributed by atoms with van der Waals surface area (Å²) in [4.78, 5) is 1.93.